The van der Waals surface area contributed by atoms with E-state index in [4.69, 9.17) is 4.74 Å². The van der Waals surface area contributed by atoms with Crippen molar-refractivity contribution in [2.24, 2.45) is 5.92 Å². The van der Waals surface area contributed by atoms with Gasteiger partial charge in [-0.3, -0.25) is 9.59 Å². The minimum Gasteiger partial charge on any atom is -0.379 e. The number of rotatable bonds is 2. The fraction of sp³-hybridized carbons (Fsp3) is 0.846. The molecule has 1 N–H and O–H groups in total. The number of amides is 2. The Labute approximate surface area is 107 Å². The molecule has 0 aromatic rings. The predicted octanol–water partition coefficient (Wildman–Crippen LogP) is 0.291. The smallest absolute Gasteiger partial charge is 0.246 e. The molecule has 2 saturated heterocycles. The number of carbonyl (C=O) groups excluding carboxylic acids is 2. The third kappa shape index (κ3) is 1.72. The van der Waals surface area contributed by atoms with Crippen molar-refractivity contribution in [3.05, 3.63) is 0 Å². The van der Waals surface area contributed by atoms with E-state index in [0.29, 0.717) is 19.1 Å². The maximum absolute atomic E-state index is 12.6. The van der Waals surface area contributed by atoms with Crippen molar-refractivity contribution in [1.29, 1.82) is 0 Å². The van der Waals surface area contributed by atoms with Crippen LogP contribution in [0.15, 0.2) is 0 Å². The van der Waals surface area contributed by atoms with Crippen molar-refractivity contribution in [3.8, 4) is 0 Å². The summed E-state index contributed by atoms with van der Waals surface area (Å²) in [5.41, 5.74) is -0.763. The second-order valence-electron chi connectivity index (χ2n) is 6.07. The van der Waals surface area contributed by atoms with Gasteiger partial charge in [0.2, 0.25) is 11.8 Å². The van der Waals surface area contributed by atoms with Crippen LogP contribution in [0.2, 0.25) is 0 Å². The number of nitrogens with zero attached hydrogens (tertiary/aromatic N) is 1. The lowest BCUT2D eigenvalue weighted by molar-refractivity contribution is -0.159. The lowest BCUT2D eigenvalue weighted by Crippen LogP contribution is -2.71. The molecule has 1 saturated carbocycles. The molecule has 3 rings (SSSR count). The van der Waals surface area contributed by atoms with E-state index in [9.17, 15) is 9.59 Å². The average Bonchev–Trinajstić information content (AvgIpc) is 3.01. The second-order valence-corrected chi connectivity index (χ2v) is 6.07. The molecular formula is C13H20N2O3. The molecule has 5 heteroatoms. The highest BCUT2D eigenvalue weighted by Crippen LogP contribution is 2.38. The summed E-state index contributed by atoms with van der Waals surface area (Å²) in [7, 11) is 0. The Hall–Kier alpha value is -1.10. The fourth-order valence-corrected chi connectivity index (χ4v) is 3.03. The molecule has 2 amide bonds. The van der Waals surface area contributed by atoms with Crippen LogP contribution in [0.1, 0.15) is 33.1 Å². The first-order chi connectivity index (χ1) is 8.51. The summed E-state index contributed by atoms with van der Waals surface area (Å²) < 4.78 is 5.37. The van der Waals surface area contributed by atoms with E-state index in [-0.39, 0.29) is 23.9 Å². The molecule has 100 valence electrons. The van der Waals surface area contributed by atoms with Gasteiger partial charge in [-0.05, 0) is 39.0 Å². The third-order valence-corrected chi connectivity index (χ3v) is 4.31. The topological polar surface area (TPSA) is 58.6 Å². The Balaban J connectivity index is 1.89. The molecule has 2 atom stereocenters. The normalized spacial score (nSPS) is 35.8. The highest BCUT2D eigenvalue weighted by atomic mass is 16.5. The maximum atomic E-state index is 12.6. The van der Waals surface area contributed by atoms with Gasteiger partial charge in [-0.2, -0.15) is 0 Å². The molecular weight excluding hydrogens is 232 g/mol. The SMILES string of the molecule is CC1(C)C(=O)NC(C2CC2)C(=O)N1C1CCOC1. The Morgan fingerprint density at radius 2 is 2.00 bits per heavy atom. The first-order valence-corrected chi connectivity index (χ1v) is 6.73. The first-order valence-electron chi connectivity index (χ1n) is 6.73. The Morgan fingerprint density at radius 3 is 2.56 bits per heavy atom. The molecule has 2 unspecified atom stereocenters. The first kappa shape index (κ1) is 12.0. The third-order valence-electron chi connectivity index (χ3n) is 4.31. The van der Waals surface area contributed by atoms with Crippen LogP contribution in [0.5, 0.6) is 0 Å². The standard InChI is InChI=1S/C13H20N2O3/c1-13(2)12(17)14-10(8-3-4-8)11(16)15(13)9-5-6-18-7-9/h8-10H,3-7H2,1-2H3,(H,14,17). The maximum Gasteiger partial charge on any atom is 0.246 e. The molecule has 0 aromatic heterocycles. The number of piperazine rings is 1. The van der Waals surface area contributed by atoms with Crippen LogP contribution in [0.25, 0.3) is 0 Å². The van der Waals surface area contributed by atoms with Gasteiger partial charge in [-0.1, -0.05) is 0 Å². The highest BCUT2D eigenvalue weighted by molar-refractivity contribution is 5.99. The van der Waals surface area contributed by atoms with Gasteiger partial charge in [0.25, 0.3) is 0 Å². The molecule has 0 radical (unpaired) electrons. The van der Waals surface area contributed by atoms with Gasteiger partial charge in [-0.25, -0.2) is 0 Å². The quantitative estimate of drug-likeness (QED) is 0.768. The van der Waals surface area contributed by atoms with E-state index < -0.39 is 5.54 Å². The summed E-state index contributed by atoms with van der Waals surface area (Å²) in [6, 6.07) is -0.245. The molecule has 2 heterocycles. The van der Waals surface area contributed by atoms with Crippen molar-refractivity contribution >= 4 is 11.8 Å². The molecule has 0 bridgehead atoms. The van der Waals surface area contributed by atoms with Crippen LogP contribution in [0.4, 0.5) is 0 Å². The summed E-state index contributed by atoms with van der Waals surface area (Å²) in [4.78, 5) is 26.6. The summed E-state index contributed by atoms with van der Waals surface area (Å²) in [6.45, 7) is 4.88. The zero-order valence-electron chi connectivity index (χ0n) is 10.9. The molecule has 18 heavy (non-hydrogen) atoms. The van der Waals surface area contributed by atoms with Crippen LogP contribution in [0, 0.1) is 5.92 Å². The van der Waals surface area contributed by atoms with Crippen molar-refractivity contribution in [3.63, 3.8) is 0 Å². The predicted molar refractivity (Wildman–Crippen MR) is 64.8 cm³/mol. The highest BCUT2D eigenvalue weighted by Gasteiger charge is 2.53. The van der Waals surface area contributed by atoms with Crippen LogP contribution < -0.4 is 5.32 Å². The molecule has 0 spiro atoms. The summed E-state index contributed by atoms with van der Waals surface area (Å²) in [6.07, 6.45) is 2.93. The minimum atomic E-state index is -0.763. The van der Waals surface area contributed by atoms with Crippen molar-refractivity contribution in [2.75, 3.05) is 13.2 Å². The zero-order chi connectivity index (χ0) is 12.9. The van der Waals surface area contributed by atoms with E-state index in [1.807, 2.05) is 13.8 Å². The molecule has 0 aromatic carbocycles. The van der Waals surface area contributed by atoms with E-state index in [1.54, 1.807) is 4.90 Å². The van der Waals surface area contributed by atoms with Crippen molar-refractivity contribution in [2.45, 2.75) is 50.7 Å². The Morgan fingerprint density at radius 1 is 1.28 bits per heavy atom. The number of ether oxygens (including phenoxy) is 1. The second kappa shape index (κ2) is 3.95. The van der Waals surface area contributed by atoms with Gasteiger partial charge in [0.1, 0.15) is 11.6 Å². The minimum absolute atomic E-state index is 0.0362. The lowest BCUT2D eigenvalue weighted by atomic mass is 9.91. The molecule has 1 aliphatic carbocycles. The van der Waals surface area contributed by atoms with Gasteiger partial charge < -0.3 is 15.0 Å². The number of hydrogen-bond acceptors (Lipinski definition) is 3. The number of hydrogen-bond donors (Lipinski definition) is 1. The molecule has 5 nitrogen and oxygen atoms in total. The van der Waals surface area contributed by atoms with Crippen LogP contribution in [0.3, 0.4) is 0 Å². The van der Waals surface area contributed by atoms with Crippen molar-refractivity contribution in [1.82, 2.24) is 10.2 Å². The lowest BCUT2D eigenvalue weighted by Gasteiger charge is -2.47. The van der Waals surface area contributed by atoms with E-state index in [2.05, 4.69) is 5.32 Å². The van der Waals surface area contributed by atoms with Crippen LogP contribution >= 0.6 is 0 Å². The number of nitrogens with one attached hydrogen (secondary N) is 1. The van der Waals surface area contributed by atoms with E-state index in [0.717, 1.165) is 19.3 Å². The Bertz CT molecular complexity index is 384. The van der Waals surface area contributed by atoms with Crippen molar-refractivity contribution < 1.29 is 14.3 Å². The number of carbonyl (C=O) groups is 2. The zero-order valence-corrected chi connectivity index (χ0v) is 10.9. The Kier molecular flexibility index (Phi) is 2.62. The van der Waals surface area contributed by atoms with Gasteiger partial charge >= 0.3 is 0 Å². The average molecular weight is 252 g/mol. The van der Waals surface area contributed by atoms with Gasteiger partial charge in [0.15, 0.2) is 0 Å². The summed E-state index contributed by atoms with van der Waals surface area (Å²) >= 11 is 0. The summed E-state index contributed by atoms with van der Waals surface area (Å²) in [5, 5.41) is 2.90. The van der Waals surface area contributed by atoms with Gasteiger partial charge in [0.05, 0.1) is 12.6 Å². The molecule has 3 aliphatic rings. The van der Waals surface area contributed by atoms with Gasteiger partial charge in [-0.15, -0.1) is 0 Å². The van der Waals surface area contributed by atoms with Crippen LogP contribution in [-0.2, 0) is 14.3 Å². The fourth-order valence-electron chi connectivity index (χ4n) is 3.03. The van der Waals surface area contributed by atoms with Gasteiger partial charge in [0, 0.05) is 6.61 Å². The van der Waals surface area contributed by atoms with E-state index >= 15 is 0 Å². The monoisotopic (exact) mass is 252 g/mol. The van der Waals surface area contributed by atoms with Crippen LogP contribution in [-0.4, -0.2) is 47.6 Å². The molecule has 2 aliphatic heterocycles. The van der Waals surface area contributed by atoms with E-state index in [1.165, 1.54) is 0 Å². The largest absolute Gasteiger partial charge is 0.379 e. The summed E-state index contributed by atoms with van der Waals surface area (Å²) in [5.74, 6) is 0.394. The molecule has 3 fully saturated rings.